The number of fused-ring (bicyclic) bond motifs is 1. The molecule has 1 aliphatic rings. The first-order chi connectivity index (χ1) is 15.9. The number of carbonyl (C=O) groups is 1. The smallest absolute Gasteiger partial charge is 0.419 e. The lowest BCUT2D eigenvalue weighted by molar-refractivity contribution is -0.116. The molecule has 10 nitrogen and oxygen atoms in total. The number of rotatable bonds is 8. The Morgan fingerprint density at radius 2 is 1.97 bits per heavy atom. The summed E-state index contributed by atoms with van der Waals surface area (Å²) in [7, 11) is -3.63. The lowest BCUT2D eigenvalue weighted by atomic mass is 10.3. The van der Waals surface area contributed by atoms with Gasteiger partial charge in [-0.1, -0.05) is 6.07 Å². The fourth-order valence-corrected chi connectivity index (χ4v) is 5.25. The lowest BCUT2D eigenvalue weighted by Gasteiger charge is -2.15. The van der Waals surface area contributed by atoms with Crippen molar-refractivity contribution in [1.82, 2.24) is 8.87 Å². The van der Waals surface area contributed by atoms with E-state index in [4.69, 9.17) is 14.4 Å². The van der Waals surface area contributed by atoms with E-state index in [1.807, 2.05) is 6.07 Å². The number of amides is 1. The standard InChI is InChI=1S/C22H22N4O6S/c23-9-13-31-17-5-3-4-16(14-17)24-21(27)8-12-26-19-7-6-18(15-20(19)32-22(26)28)33(29,30)25-10-1-2-11-25/h3-7,14-15H,1-2,8,10-13H2,(H,24,27). The van der Waals surface area contributed by atoms with Gasteiger partial charge in [0.1, 0.15) is 11.8 Å². The molecule has 0 bridgehead atoms. The second kappa shape index (κ2) is 9.48. The van der Waals surface area contributed by atoms with Crippen molar-refractivity contribution in [3.63, 3.8) is 0 Å². The molecule has 0 spiro atoms. The molecule has 0 aliphatic carbocycles. The molecule has 0 atom stereocenters. The number of oxazole rings is 1. The minimum atomic E-state index is -3.63. The van der Waals surface area contributed by atoms with Crippen molar-refractivity contribution in [2.45, 2.75) is 30.7 Å². The van der Waals surface area contributed by atoms with Gasteiger partial charge >= 0.3 is 5.76 Å². The van der Waals surface area contributed by atoms with Gasteiger partial charge in [-0.2, -0.15) is 9.57 Å². The van der Waals surface area contributed by atoms with E-state index in [0.29, 0.717) is 30.0 Å². The molecule has 2 heterocycles. The Kier molecular flexibility index (Phi) is 6.48. The first-order valence-electron chi connectivity index (χ1n) is 10.4. The summed E-state index contributed by atoms with van der Waals surface area (Å²) in [5, 5.41) is 11.3. The molecule has 1 amide bonds. The molecular weight excluding hydrogens is 448 g/mol. The Morgan fingerprint density at radius 3 is 2.73 bits per heavy atom. The van der Waals surface area contributed by atoms with Crippen molar-refractivity contribution in [2.75, 3.05) is 25.0 Å². The minimum absolute atomic E-state index is 0.00829. The number of aryl methyl sites for hydroxylation is 1. The van der Waals surface area contributed by atoms with E-state index in [9.17, 15) is 18.0 Å². The average molecular weight is 471 g/mol. The third-order valence-electron chi connectivity index (χ3n) is 5.33. The summed E-state index contributed by atoms with van der Waals surface area (Å²) in [5.74, 6) is -0.548. The van der Waals surface area contributed by atoms with E-state index in [1.54, 1.807) is 24.3 Å². The molecule has 1 saturated heterocycles. The SMILES string of the molecule is N#CCOc1cccc(NC(=O)CCn2c(=O)oc3cc(S(=O)(=O)N4CCCC4)ccc32)c1. The van der Waals surface area contributed by atoms with E-state index in [1.165, 1.54) is 27.1 Å². The molecule has 0 radical (unpaired) electrons. The molecule has 3 aromatic rings. The predicted octanol–water partition coefficient (Wildman–Crippen LogP) is 2.31. The third kappa shape index (κ3) is 4.92. The second-order valence-electron chi connectivity index (χ2n) is 7.53. The van der Waals surface area contributed by atoms with Crippen LogP contribution in [0, 0.1) is 11.3 Å². The van der Waals surface area contributed by atoms with Crippen LogP contribution in [0.5, 0.6) is 5.75 Å². The van der Waals surface area contributed by atoms with Crippen LogP contribution in [-0.2, 0) is 21.4 Å². The number of ether oxygens (including phenoxy) is 1. The monoisotopic (exact) mass is 470 g/mol. The van der Waals surface area contributed by atoms with Crippen LogP contribution in [0.2, 0.25) is 0 Å². The second-order valence-corrected chi connectivity index (χ2v) is 9.47. The van der Waals surface area contributed by atoms with Crippen molar-refractivity contribution in [2.24, 2.45) is 0 Å². The third-order valence-corrected chi connectivity index (χ3v) is 7.22. The number of carbonyl (C=O) groups excluding carboxylic acids is 1. The van der Waals surface area contributed by atoms with Gasteiger partial charge in [-0.3, -0.25) is 9.36 Å². The lowest BCUT2D eigenvalue weighted by Crippen LogP contribution is -2.27. The predicted molar refractivity (Wildman–Crippen MR) is 119 cm³/mol. The molecule has 172 valence electrons. The molecule has 4 rings (SSSR count). The van der Waals surface area contributed by atoms with Crippen molar-refractivity contribution in [3.8, 4) is 11.8 Å². The highest BCUT2D eigenvalue weighted by Gasteiger charge is 2.28. The first-order valence-corrected chi connectivity index (χ1v) is 11.9. The molecular formula is C22H22N4O6S. The van der Waals surface area contributed by atoms with Crippen molar-refractivity contribution in [3.05, 3.63) is 53.0 Å². The molecule has 33 heavy (non-hydrogen) atoms. The van der Waals surface area contributed by atoms with E-state index < -0.39 is 15.8 Å². The Balaban J connectivity index is 1.46. The number of sulfonamides is 1. The highest BCUT2D eigenvalue weighted by molar-refractivity contribution is 7.89. The summed E-state index contributed by atoms with van der Waals surface area (Å²) in [5.41, 5.74) is 1.07. The maximum atomic E-state index is 12.8. The van der Waals surface area contributed by atoms with Gasteiger partial charge in [-0.05, 0) is 37.1 Å². The average Bonchev–Trinajstić information content (AvgIpc) is 3.44. The van der Waals surface area contributed by atoms with Gasteiger partial charge in [0.15, 0.2) is 12.2 Å². The maximum absolute atomic E-state index is 12.8. The largest absolute Gasteiger partial charge is 0.479 e. The zero-order chi connectivity index (χ0) is 23.4. The van der Waals surface area contributed by atoms with Crippen LogP contribution in [-0.4, -0.2) is 42.9 Å². The van der Waals surface area contributed by atoms with Crippen molar-refractivity contribution >= 4 is 32.7 Å². The number of nitrogens with zero attached hydrogens (tertiary/aromatic N) is 3. The number of benzene rings is 2. The molecule has 11 heteroatoms. The highest BCUT2D eigenvalue weighted by atomic mass is 32.2. The van der Waals surface area contributed by atoms with Crippen LogP contribution in [0.3, 0.4) is 0 Å². The zero-order valence-electron chi connectivity index (χ0n) is 17.7. The normalized spacial score (nSPS) is 14.3. The van der Waals surface area contributed by atoms with Crippen molar-refractivity contribution < 1.29 is 22.4 Å². The van der Waals surface area contributed by atoms with E-state index in [2.05, 4.69) is 5.32 Å². The minimum Gasteiger partial charge on any atom is -0.479 e. The molecule has 1 fully saturated rings. The molecule has 2 aromatic carbocycles. The Hall–Kier alpha value is -3.62. The summed E-state index contributed by atoms with van der Waals surface area (Å²) >= 11 is 0. The summed E-state index contributed by atoms with van der Waals surface area (Å²) in [6, 6.07) is 12.8. The molecule has 0 unspecified atom stereocenters. The number of nitriles is 1. The van der Waals surface area contributed by atoms with E-state index in [0.717, 1.165) is 12.8 Å². The molecule has 1 N–H and O–H groups in total. The van der Waals surface area contributed by atoms with Gasteiger partial charge in [0.25, 0.3) is 0 Å². The summed E-state index contributed by atoms with van der Waals surface area (Å²) < 4.78 is 38.7. The van der Waals surface area contributed by atoms with Crippen LogP contribution < -0.4 is 15.8 Å². The highest BCUT2D eigenvalue weighted by Crippen LogP contribution is 2.24. The fourth-order valence-electron chi connectivity index (χ4n) is 3.71. The Bertz CT molecular complexity index is 1380. The van der Waals surface area contributed by atoms with Gasteiger partial charge in [0.05, 0.1) is 10.4 Å². The number of hydrogen-bond donors (Lipinski definition) is 1. The molecule has 1 aromatic heterocycles. The van der Waals surface area contributed by atoms with E-state index in [-0.39, 0.29) is 36.0 Å². The Morgan fingerprint density at radius 1 is 1.18 bits per heavy atom. The van der Waals surface area contributed by atoms with Crippen molar-refractivity contribution in [1.29, 1.82) is 5.26 Å². The summed E-state index contributed by atoms with van der Waals surface area (Å²) in [6.45, 7) is 0.914. The quantitative estimate of drug-likeness (QED) is 0.534. The van der Waals surface area contributed by atoms with Gasteiger partial charge < -0.3 is 14.5 Å². The van der Waals surface area contributed by atoms with Crippen LogP contribution in [0.1, 0.15) is 19.3 Å². The number of aromatic nitrogens is 1. The van der Waals surface area contributed by atoms with Crippen LogP contribution in [0.15, 0.2) is 56.6 Å². The number of hydrogen-bond acceptors (Lipinski definition) is 7. The van der Waals surface area contributed by atoms with Gasteiger partial charge in [-0.25, -0.2) is 13.2 Å². The topological polar surface area (TPSA) is 135 Å². The van der Waals surface area contributed by atoms with Crippen LogP contribution in [0.25, 0.3) is 11.1 Å². The molecule has 0 saturated carbocycles. The van der Waals surface area contributed by atoms with E-state index >= 15 is 0 Å². The zero-order valence-corrected chi connectivity index (χ0v) is 18.5. The van der Waals surface area contributed by atoms with Gasteiger partial charge in [0.2, 0.25) is 15.9 Å². The fraction of sp³-hybridized carbons (Fsp3) is 0.318. The Labute approximate surface area is 190 Å². The summed E-state index contributed by atoms with van der Waals surface area (Å²) in [6.07, 6.45) is 1.64. The maximum Gasteiger partial charge on any atom is 0.419 e. The first kappa shape index (κ1) is 22.6. The van der Waals surface area contributed by atoms with Gasteiger partial charge in [-0.15, -0.1) is 0 Å². The van der Waals surface area contributed by atoms with Crippen LogP contribution >= 0.6 is 0 Å². The number of anilines is 1. The molecule has 1 aliphatic heterocycles. The van der Waals surface area contributed by atoms with Gasteiger partial charge in [0, 0.05) is 43.9 Å². The number of nitrogens with one attached hydrogen (secondary N) is 1. The summed E-state index contributed by atoms with van der Waals surface area (Å²) in [4.78, 5) is 24.8. The van der Waals surface area contributed by atoms with Crippen LogP contribution in [0.4, 0.5) is 5.69 Å².